The van der Waals surface area contributed by atoms with E-state index >= 15 is 0 Å². The number of likely N-dealkylation sites (tertiary alicyclic amines) is 1. The maximum Gasteiger partial charge on any atom is 0.387 e. The molecule has 1 amide bonds. The third kappa shape index (κ3) is 5.12. The van der Waals surface area contributed by atoms with Gasteiger partial charge in [-0.05, 0) is 29.7 Å². The molecule has 0 radical (unpaired) electrons. The number of nitrogens with one attached hydrogen (secondary N) is 2. The molecule has 3 heterocycles. The van der Waals surface area contributed by atoms with Crippen LogP contribution in [0.15, 0.2) is 58.5 Å². The second kappa shape index (κ2) is 10.2. The number of fused-ring (bicyclic) bond motifs is 1. The first-order valence-electron chi connectivity index (χ1n) is 12.0. The van der Waals surface area contributed by atoms with Crippen molar-refractivity contribution in [3.8, 4) is 5.75 Å². The van der Waals surface area contributed by atoms with Crippen molar-refractivity contribution in [1.29, 1.82) is 0 Å². The molecule has 2 aromatic carbocycles. The lowest BCUT2D eigenvalue weighted by atomic mass is 10.1. The number of allylic oxidation sites excluding steroid dienone is 1. The zero-order valence-electron chi connectivity index (χ0n) is 20.5. The van der Waals surface area contributed by atoms with E-state index in [0.29, 0.717) is 29.4 Å². The van der Waals surface area contributed by atoms with Gasteiger partial charge in [0.25, 0.3) is 5.56 Å². The van der Waals surface area contributed by atoms with Gasteiger partial charge < -0.3 is 15.0 Å². The van der Waals surface area contributed by atoms with Gasteiger partial charge in [0.2, 0.25) is 5.91 Å². The van der Waals surface area contributed by atoms with Crippen LogP contribution in [0.3, 0.4) is 0 Å². The van der Waals surface area contributed by atoms with Crippen LogP contribution < -0.4 is 20.9 Å². The molecule has 37 heavy (non-hydrogen) atoms. The summed E-state index contributed by atoms with van der Waals surface area (Å²) in [5, 5.41) is 7.08. The molecule has 1 saturated heterocycles. The van der Waals surface area contributed by atoms with Gasteiger partial charge in [0.15, 0.2) is 6.29 Å². The minimum atomic E-state index is -2.94. The van der Waals surface area contributed by atoms with Gasteiger partial charge in [-0.15, -0.1) is 0 Å². The summed E-state index contributed by atoms with van der Waals surface area (Å²) in [4.78, 5) is 30.9. The fourth-order valence-corrected chi connectivity index (χ4v) is 4.79. The van der Waals surface area contributed by atoms with E-state index in [1.165, 1.54) is 10.7 Å². The molecule has 0 saturated carbocycles. The Kier molecular flexibility index (Phi) is 6.79. The predicted molar refractivity (Wildman–Crippen MR) is 136 cm³/mol. The van der Waals surface area contributed by atoms with Gasteiger partial charge in [-0.3, -0.25) is 29.3 Å². The third-order valence-corrected chi connectivity index (χ3v) is 6.78. The third-order valence-electron chi connectivity index (χ3n) is 6.78. The zero-order chi connectivity index (χ0) is 26.1. The fourth-order valence-electron chi connectivity index (χ4n) is 4.79. The molecule has 2 N–H and O–H groups in total. The van der Waals surface area contributed by atoms with Crippen molar-refractivity contribution in [3.63, 3.8) is 0 Å². The summed E-state index contributed by atoms with van der Waals surface area (Å²) in [6.07, 6.45) is 3.86. The Morgan fingerprint density at radius 3 is 2.70 bits per heavy atom. The monoisotopic (exact) mass is 510 g/mol. The van der Waals surface area contributed by atoms with E-state index < -0.39 is 6.61 Å². The lowest BCUT2D eigenvalue weighted by molar-refractivity contribution is -0.126. The smallest absolute Gasteiger partial charge is 0.387 e. The van der Waals surface area contributed by atoms with Crippen molar-refractivity contribution in [3.05, 3.63) is 70.1 Å². The molecule has 194 valence electrons. The molecule has 2 aliphatic rings. The van der Waals surface area contributed by atoms with Crippen molar-refractivity contribution in [2.75, 3.05) is 20.1 Å². The lowest BCUT2D eigenvalue weighted by Crippen LogP contribution is -2.42. The highest BCUT2D eigenvalue weighted by molar-refractivity contribution is 6.11. The number of aromatic nitrogens is 2. The van der Waals surface area contributed by atoms with Crippen LogP contribution in [-0.2, 0) is 18.4 Å². The molecule has 3 aromatic rings. The predicted octanol–water partition coefficient (Wildman–Crippen LogP) is 2.36. The molecular weight excluding hydrogens is 482 g/mol. The number of para-hydroxylation sites is 1. The molecule has 2 aliphatic heterocycles. The highest BCUT2D eigenvalue weighted by Crippen LogP contribution is 2.25. The van der Waals surface area contributed by atoms with Crippen LogP contribution in [-0.4, -0.2) is 59.4 Å². The van der Waals surface area contributed by atoms with Crippen LogP contribution in [0.2, 0.25) is 0 Å². The number of carbonyl (C=O) groups is 1. The number of rotatable bonds is 8. The molecule has 0 spiro atoms. The average Bonchev–Trinajstić information content (AvgIpc) is 3.33. The Bertz CT molecular complexity index is 1440. The molecular formula is C26H28F2N6O3. The molecule has 2 unspecified atom stereocenters. The molecule has 1 aromatic heterocycles. The summed E-state index contributed by atoms with van der Waals surface area (Å²) < 4.78 is 33.7. The first-order chi connectivity index (χ1) is 17.8. The summed E-state index contributed by atoms with van der Waals surface area (Å²) in [5.41, 5.74) is 2.70. The Labute approximate surface area is 212 Å². The van der Waals surface area contributed by atoms with Gasteiger partial charge in [-0.2, -0.15) is 8.78 Å². The molecule has 1 fully saturated rings. The number of carbonyl (C=O) groups excluding carboxylic acids is 1. The van der Waals surface area contributed by atoms with Gasteiger partial charge in [-0.1, -0.05) is 24.3 Å². The van der Waals surface area contributed by atoms with Gasteiger partial charge in [0.05, 0.1) is 17.4 Å². The number of hydrogen-bond donors (Lipinski definition) is 2. The van der Waals surface area contributed by atoms with Crippen molar-refractivity contribution in [2.45, 2.75) is 25.9 Å². The van der Waals surface area contributed by atoms with Crippen LogP contribution in [0.4, 0.5) is 8.78 Å². The second-order valence-electron chi connectivity index (χ2n) is 9.30. The number of hydrogen-bond acceptors (Lipinski definition) is 6. The number of nitrogens with zero attached hydrogens (tertiary/aromatic N) is 4. The number of alkyl halides is 2. The Hall–Kier alpha value is -3.99. The number of amides is 1. The van der Waals surface area contributed by atoms with Gasteiger partial charge in [0.1, 0.15) is 5.75 Å². The molecule has 11 heteroatoms. The molecule has 0 aliphatic carbocycles. The maximum absolute atomic E-state index is 12.9. The van der Waals surface area contributed by atoms with E-state index in [1.54, 1.807) is 47.1 Å². The van der Waals surface area contributed by atoms with Gasteiger partial charge in [0, 0.05) is 57.2 Å². The fraction of sp³-hybridized carbons (Fsp3) is 0.346. The minimum absolute atomic E-state index is 0.0708. The lowest BCUT2D eigenvalue weighted by Gasteiger charge is -2.21. The number of halogens is 2. The van der Waals surface area contributed by atoms with Gasteiger partial charge in [-0.25, -0.2) is 0 Å². The SMILES string of the molecule is CN1CC(CNC2N=CC(c3ccc4c(=O)n(C)n(Cc5ccccc5OC(F)F)c4c3)=CN2)CC1=O. The summed E-state index contributed by atoms with van der Waals surface area (Å²) in [5.74, 6) is 0.489. The quantitative estimate of drug-likeness (QED) is 0.486. The molecule has 0 bridgehead atoms. The topological polar surface area (TPSA) is 92.9 Å². The molecule has 9 nitrogen and oxygen atoms in total. The number of ether oxygens (including phenoxy) is 1. The van der Waals surface area contributed by atoms with E-state index in [1.807, 2.05) is 25.4 Å². The molecule has 5 rings (SSSR count). The first kappa shape index (κ1) is 24.7. The van der Waals surface area contributed by atoms with Crippen molar-refractivity contribution in [1.82, 2.24) is 24.9 Å². The van der Waals surface area contributed by atoms with E-state index in [0.717, 1.165) is 17.7 Å². The van der Waals surface area contributed by atoms with Crippen molar-refractivity contribution in [2.24, 2.45) is 18.0 Å². The Balaban J connectivity index is 1.34. The second-order valence-corrected chi connectivity index (χ2v) is 9.30. The van der Waals surface area contributed by atoms with Crippen molar-refractivity contribution < 1.29 is 18.3 Å². The first-order valence-corrected chi connectivity index (χ1v) is 12.0. The van der Waals surface area contributed by atoms with Gasteiger partial charge >= 0.3 is 6.61 Å². The standard InChI is InChI=1S/C26H28F2N6O3/c1-32-14-16(9-23(32)35)11-29-26-30-12-19(13-31-26)17-7-8-20-21(10-17)34(33(2)24(20)36)15-18-5-3-4-6-22(18)37-25(27)28/h3-8,10,12-13,16,25-26,29-30H,9,11,14-15H2,1-2H3. The van der Waals surface area contributed by atoms with Crippen LogP contribution in [0.25, 0.3) is 16.5 Å². The van der Waals surface area contributed by atoms with Crippen molar-refractivity contribution >= 4 is 28.6 Å². The Morgan fingerprint density at radius 1 is 1.19 bits per heavy atom. The Morgan fingerprint density at radius 2 is 2.00 bits per heavy atom. The van der Waals surface area contributed by atoms with Crippen LogP contribution in [0.5, 0.6) is 5.75 Å². The van der Waals surface area contributed by atoms with E-state index in [2.05, 4.69) is 20.4 Å². The van der Waals surface area contributed by atoms with Crippen LogP contribution in [0, 0.1) is 5.92 Å². The highest BCUT2D eigenvalue weighted by atomic mass is 19.3. The van der Waals surface area contributed by atoms with Crippen LogP contribution >= 0.6 is 0 Å². The average molecular weight is 511 g/mol. The van der Waals surface area contributed by atoms with E-state index in [4.69, 9.17) is 0 Å². The van der Waals surface area contributed by atoms with E-state index in [-0.39, 0.29) is 36.0 Å². The summed E-state index contributed by atoms with van der Waals surface area (Å²) in [7, 11) is 3.46. The number of benzene rings is 2. The summed E-state index contributed by atoms with van der Waals surface area (Å²) >= 11 is 0. The number of aliphatic imine (C=N–C) groups is 1. The minimum Gasteiger partial charge on any atom is -0.434 e. The van der Waals surface area contributed by atoms with E-state index in [9.17, 15) is 18.4 Å². The van der Waals surface area contributed by atoms with Crippen LogP contribution in [0.1, 0.15) is 17.5 Å². The summed E-state index contributed by atoms with van der Waals surface area (Å²) in [6, 6.07) is 12.1. The highest BCUT2D eigenvalue weighted by Gasteiger charge is 2.27. The summed E-state index contributed by atoms with van der Waals surface area (Å²) in [6.45, 7) is -1.35. The normalized spacial score (nSPS) is 19.5. The zero-order valence-corrected chi connectivity index (χ0v) is 20.5. The molecule has 2 atom stereocenters. The maximum atomic E-state index is 12.9. The largest absolute Gasteiger partial charge is 0.434 e.